The van der Waals surface area contributed by atoms with Gasteiger partial charge in [-0.3, -0.25) is 10.2 Å². The Balaban J connectivity index is 1.29. The Labute approximate surface area is 254 Å². The number of carbonyl (C=O) groups is 1. The number of hydrazine groups is 1. The van der Waals surface area contributed by atoms with Crippen LogP contribution < -0.4 is 10.7 Å². The molecule has 0 aromatic heterocycles. The van der Waals surface area contributed by atoms with Crippen LogP contribution in [-0.2, 0) is 4.79 Å². The van der Waals surface area contributed by atoms with Crippen molar-refractivity contribution in [1.82, 2.24) is 20.7 Å². The maximum absolute atomic E-state index is 14.6. The molecule has 2 heterocycles. The highest BCUT2D eigenvalue weighted by Crippen LogP contribution is 2.45. The zero-order chi connectivity index (χ0) is 28.4. The van der Waals surface area contributed by atoms with Crippen molar-refractivity contribution in [2.75, 3.05) is 6.54 Å². The molecule has 5 rings (SSSR count). The Kier molecular flexibility index (Phi) is 11.0. The van der Waals surface area contributed by atoms with Gasteiger partial charge in [0.05, 0.1) is 5.92 Å². The summed E-state index contributed by atoms with van der Waals surface area (Å²) in [6.07, 6.45) is 18.9. The lowest BCUT2D eigenvalue weighted by Crippen LogP contribution is -2.61. The van der Waals surface area contributed by atoms with Crippen LogP contribution >= 0.6 is 15.9 Å². The van der Waals surface area contributed by atoms with E-state index >= 15 is 0 Å². The lowest BCUT2D eigenvalue weighted by Gasteiger charge is -2.49. The van der Waals surface area contributed by atoms with E-state index in [1.807, 2.05) is 0 Å². The highest BCUT2D eigenvalue weighted by atomic mass is 79.9. The number of amides is 1. The van der Waals surface area contributed by atoms with Gasteiger partial charge in [0.2, 0.25) is 5.91 Å². The summed E-state index contributed by atoms with van der Waals surface area (Å²) in [5.74, 6) is 3.39. The summed E-state index contributed by atoms with van der Waals surface area (Å²) in [7, 11) is 0. The Morgan fingerprint density at radius 3 is 2.42 bits per heavy atom. The molecular weight excluding hydrogens is 560 g/mol. The standard InChI is InChI=1S/C34H61BrN4O/c1-6-7-8-11-23(4)36-33-24(5)28(35)19-18-27(33)34(40)38-21-20-31-32-29(12-9-10-13-30(32)38)37-39(31)26-16-14-25(15-17-26)22(2)3/h22-33,36-37H,6-21H2,1-5H3. The molecule has 0 radical (unpaired) electrons. The van der Waals surface area contributed by atoms with Crippen molar-refractivity contribution in [3.05, 3.63) is 0 Å². The highest BCUT2D eigenvalue weighted by Gasteiger charge is 2.54. The average molecular weight is 622 g/mol. The third-order valence-electron chi connectivity index (χ3n) is 12.1. The quantitative estimate of drug-likeness (QED) is 0.210. The number of rotatable bonds is 9. The van der Waals surface area contributed by atoms with E-state index in [-0.39, 0.29) is 12.0 Å². The Hall–Kier alpha value is -0.170. The molecule has 1 amide bonds. The van der Waals surface area contributed by atoms with Crippen LogP contribution in [0.25, 0.3) is 0 Å². The van der Waals surface area contributed by atoms with Gasteiger partial charge in [-0.2, -0.15) is 0 Å². The molecular formula is C34H61BrN4O. The van der Waals surface area contributed by atoms with Crippen LogP contribution in [0.5, 0.6) is 0 Å². The number of alkyl halides is 1. The normalized spacial score (nSPS) is 41.5. The second-order valence-electron chi connectivity index (χ2n) is 14.9. The van der Waals surface area contributed by atoms with Crippen molar-refractivity contribution in [3.63, 3.8) is 0 Å². The van der Waals surface area contributed by atoms with E-state index in [9.17, 15) is 4.79 Å². The SMILES string of the molecule is CCCCCC(C)NC1C(C(=O)N2CCC3C4C(CCCCC42)NN3C2CCC(C(C)C)CC2)CCC(Br)C1C. The monoisotopic (exact) mass is 620 g/mol. The maximum atomic E-state index is 14.6. The summed E-state index contributed by atoms with van der Waals surface area (Å²) >= 11 is 3.99. The van der Waals surface area contributed by atoms with E-state index in [1.165, 1.54) is 77.0 Å². The van der Waals surface area contributed by atoms with Crippen LogP contribution in [0.15, 0.2) is 0 Å². The fourth-order valence-electron chi connectivity index (χ4n) is 9.59. The minimum Gasteiger partial charge on any atom is -0.339 e. The van der Waals surface area contributed by atoms with Crippen molar-refractivity contribution < 1.29 is 4.79 Å². The molecule has 230 valence electrons. The summed E-state index contributed by atoms with van der Waals surface area (Å²) in [5.41, 5.74) is 4.11. The van der Waals surface area contributed by atoms with Gasteiger partial charge in [0, 0.05) is 53.5 Å². The predicted molar refractivity (Wildman–Crippen MR) is 170 cm³/mol. The van der Waals surface area contributed by atoms with Gasteiger partial charge < -0.3 is 10.2 Å². The summed E-state index contributed by atoms with van der Waals surface area (Å²) in [4.78, 5) is 17.5. The molecule has 0 spiro atoms. The van der Waals surface area contributed by atoms with Crippen molar-refractivity contribution in [2.24, 2.45) is 29.6 Å². The van der Waals surface area contributed by atoms with Crippen LogP contribution in [0.4, 0.5) is 0 Å². The molecule has 40 heavy (non-hydrogen) atoms. The smallest absolute Gasteiger partial charge is 0.227 e. The Morgan fingerprint density at radius 2 is 1.70 bits per heavy atom. The first-order valence-corrected chi connectivity index (χ1v) is 18.5. The Bertz CT molecular complexity index is 816. The van der Waals surface area contributed by atoms with Gasteiger partial charge >= 0.3 is 0 Å². The molecule has 3 aliphatic carbocycles. The van der Waals surface area contributed by atoms with Crippen molar-refractivity contribution in [1.29, 1.82) is 0 Å². The first-order chi connectivity index (χ1) is 19.3. The molecule has 3 saturated carbocycles. The lowest BCUT2D eigenvalue weighted by atomic mass is 9.74. The number of piperidine rings is 1. The van der Waals surface area contributed by atoms with Gasteiger partial charge in [0.15, 0.2) is 0 Å². The van der Waals surface area contributed by atoms with Crippen LogP contribution in [0.1, 0.15) is 131 Å². The molecule has 6 heteroatoms. The van der Waals surface area contributed by atoms with Gasteiger partial charge in [0.1, 0.15) is 0 Å². The number of halogens is 1. The highest BCUT2D eigenvalue weighted by molar-refractivity contribution is 9.09. The number of likely N-dealkylation sites (tertiary alicyclic amines) is 1. The summed E-state index contributed by atoms with van der Waals surface area (Å²) in [6.45, 7) is 12.8. The molecule has 9 atom stereocenters. The van der Waals surface area contributed by atoms with Gasteiger partial charge in [-0.25, -0.2) is 5.01 Å². The first-order valence-electron chi connectivity index (χ1n) is 17.5. The molecule has 2 N–H and O–H groups in total. The minimum absolute atomic E-state index is 0.118. The average Bonchev–Trinajstić information content (AvgIpc) is 3.18. The third kappa shape index (κ3) is 6.65. The molecule has 9 unspecified atom stereocenters. The topological polar surface area (TPSA) is 47.6 Å². The van der Waals surface area contributed by atoms with E-state index in [0.29, 0.717) is 52.8 Å². The number of nitrogens with zero attached hydrogens (tertiary/aromatic N) is 2. The number of hydrogen-bond donors (Lipinski definition) is 2. The minimum atomic E-state index is 0.118. The van der Waals surface area contributed by atoms with E-state index in [2.05, 4.69) is 71.2 Å². The fraction of sp³-hybridized carbons (Fsp3) is 0.971. The molecule has 0 bridgehead atoms. The second kappa shape index (κ2) is 14.1. The summed E-state index contributed by atoms with van der Waals surface area (Å²) in [6, 6.07) is 3.02. The van der Waals surface area contributed by atoms with Crippen LogP contribution in [-0.4, -0.2) is 63.4 Å². The number of carbonyl (C=O) groups excluding carboxylic acids is 1. The van der Waals surface area contributed by atoms with Crippen molar-refractivity contribution >= 4 is 21.8 Å². The summed E-state index contributed by atoms with van der Waals surface area (Å²) in [5, 5.41) is 6.76. The second-order valence-corrected chi connectivity index (χ2v) is 16.1. The maximum Gasteiger partial charge on any atom is 0.227 e. The van der Waals surface area contributed by atoms with Crippen LogP contribution in [0, 0.1) is 29.6 Å². The number of nitrogens with one attached hydrogen (secondary N) is 2. The molecule has 0 aromatic carbocycles. The molecule has 5 fully saturated rings. The van der Waals surface area contributed by atoms with E-state index < -0.39 is 0 Å². The third-order valence-corrected chi connectivity index (χ3v) is 13.4. The van der Waals surface area contributed by atoms with Gasteiger partial charge in [-0.05, 0) is 88.9 Å². The van der Waals surface area contributed by atoms with Crippen molar-refractivity contribution in [3.8, 4) is 0 Å². The molecule has 2 aliphatic heterocycles. The van der Waals surface area contributed by atoms with E-state index in [0.717, 1.165) is 37.6 Å². The molecule has 5 nitrogen and oxygen atoms in total. The van der Waals surface area contributed by atoms with E-state index in [1.54, 1.807) is 0 Å². The van der Waals surface area contributed by atoms with E-state index in [4.69, 9.17) is 0 Å². The first kappa shape index (κ1) is 31.3. The zero-order valence-corrected chi connectivity index (χ0v) is 28.0. The summed E-state index contributed by atoms with van der Waals surface area (Å²) < 4.78 is 0. The fourth-order valence-corrected chi connectivity index (χ4v) is 10.2. The Morgan fingerprint density at radius 1 is 0.950 bits per heavy atom. The largest absolute Gasteiger partial charge is 0.339 e. The molecule has 5 aliphatic rings. The lowest BCUT2D eigenvalue weighted by molar-refractivity contribution is -0.145. The van der Waals surface area contributed by atoms with Crippen LogP contribution in [0.2, 0.25) is 0 Å². The number of hydrogen-bond acceptors (Lipinski definition) is 4. The van der Waals surface area contributed by atoms with Crippen LogP contribution in [0.3, 0.4) is 0 Å². The predicted octanol–water partition coefficient (Wildman–Crippen LogP) is 7.29. The molecule has 0 aromatic rings. The van der Waals surface area contributed by atoms with Gasteiger partial charge in [-0.15, -0.1) is 0 Å². The molecule has 2 saturated heterocycles. The number of unbranched alkanes of at least 4 members (excludes halogenated alkanes) is 2. The van der Waals surface area contributed by atoms with Gasteiger partial charge in [0.25, 0.3) is 0 Å². The van der Waals surface area contributed by atoms with Crippen molar-refractivity contribution in [2.45, 2.75) is 172 Å². The van der Waals surface area contributed by atoms with Gasteiger partial charge in [-0.1, -0.05) is 75.7 Å². The zero-order valence-electron chi connectivity index (χ0n) is 26.4.